The highest BCUT2D eigenvalue weighted by molar-refractivity contribution is 5.99. The summed E-state index contributed by atoms with van der Waals surface area (Å²) in [5, 5.41) is 8.33. The van der Waals surface area contributed by atoms with Crippen molar-refractivity contribution in [1.29, 1.82) is 0 Å². The van der Waals surface area contributed by atoms with Gasteiger partial charge in [0.2, 0.25) is 5.91 Å². The Labute approximate surface area is 141 Å². The maximum atomic E-state index is 11.7. The number of hydrogen-bond acceptors (Lipinski definition) is 5. The molecule has 1 aromatic carbocycles. The summed E-state index contributed by atoms with van der Waals surface area (Å²) in [6.45, 7) is 3.89. The molecule has 0 unspecified atom stereocenters. The van der Waals surface area contributed by atoms with Crippen LogP contribution in [0.1, 0.15) is 12.8 Å². The summed E-state index contributed by atoms with van der Waals surface area (Å²) in [6, 6.07) is 6.09. The van der Waals surface area contributed by atoms with Gasteiger partial charge in [0.25, 0.3) is 0 Å². The number of ether oxygens (including phenoxy) is 1. The lowest BCUT2D eigenvalue weighted by atomic mass is 10.1. The second kappa shape index (κ2) is 6.65. The second-order valence-electron chi connectivity index (χ2n) is 6.34. The number of piperazine rings is 1. The molecule has 1 amide bonds. The minimum Gasteiger partial charge on any atom is -0.490 e. The summed E-state index contributed by atoms with van der Waals surface area (Å²) in [6.07, 6.45) is 5.95. The van der Waals surface area contributed by atoms with Gasteiger partial charge in [0.15, 0.2) is 0 Å². The van der Waals surface area contributed by atoms with Crippen molar-refractivity contribution < 1.29 is 9.53 Å². The van der Waals surface area contributed by atoms with Crippen molar-refractivity contribution in [3.63, 3.8) is 0 Å². The number of fused-ring (bicyclic) bond motifs is 1. The SMILES string of the molecule is O=C1CN(c2ccc(OC3CCNCC3)c3cnccc23)CCN1. The first kappa shape index (κ1) is 15.2. The van der Waals surface area contributed by atoms with Gasteiger partial charge in [0, 0.05) is 41.9 Å². The Hall–Kier alpha value is -2.34. The number of piperidine rings is 1. The zero-order valence-corrected chi connectivity index (χ0v) is 13.6. The van der Waals surface area contributed by atoms with Crippen LogP contribution in [0.5, 0.6) is 5.75 Å². The fraction of sp³-hybridized carbons (Fsp3) is 0.444. The fourth-order valence-corrected chi connectivity index (χ4v) is 3.46. The van der Waals surface area contributed by atoms with E-state index in [1.807, 2.05) is 18.3 Å². The van der Waals surface area contributed by atoms with Crippen molar-refractivity contribution in [3.8, 4) is 5.75 Å². The first-order valence-electron chi connectivity index (χ1n) is 8.57. The summed E-state index contributed by atoms with van der Waals surface area (Å²) in [5.74, 6) is 0.952. The number of pyridine rings is 1. The van der Waals surface area contributed by atoms with E-state index in [0.29, 0.717) is 13.1 Å². The van der Waals surface area contributed by atoms with Gasteiger partial charge in [-0.25, -0.2) is 0 Å². The Balaban J connectivity index is 1.67. The van der Waals surface area contributed by atoms with E-state index in [9.17, 15) is 4.79 Å². The molecule has 0 radical (unpaired) electrons. The van der Waals surface area contributed by atoms with E-state index in [4.69, 9.17) is 4.74 Å². The Kier molecular flexibility index (Phi) is 4.21. The molecule has 1 aromatic heterocycles. The van der Waals surface area contributed by atoms with Crippen molar-refractivity contribution in [2.75, 3.05) is 37.6 Å². The highest BCUT2D eigenvalue weighted by atomic mass is 16.5. The summed E-state index contributed by atoms with van der Waals surface area (Å²) >= 11 is 0. The molecule has 2 fully saturated rings. The molecule has 0 spiro atoms. The summed E-state index contributed by atoms with van der Waals surface area (Å²) in [5.41, 5.74) is 1.07. The third-order valence-electron chi connectivity index (χ3n) is 4.71. The van der Waals surface area contributed by atoms with Crippen molar-refractivity contribution in [2.24, 2.45) is 0 Å². The van der Waals surface area contributed by atoms with E-state index in [2.05, 4.69) is 26.6 Å². The predicted octanol–water partition coefficient (Wildman–Crippen LogP) is 1.30. The van der Waals surface area contributed by atoms with E-state index in [1.165, 1.54) is 0 Å². The molecule has 3 heterocycles. The molecule has 2 aliphatic heterocycles. The van der Waals surface area contributed by atoms with Gasteiger partial charge in [-0.1, -0.05) is 0 Å². The van der Waals surface area contributed by atoms with Crippen LogP contribution in [0.4, 0.5) is 5.69 Å². The molecule has 2 N–H and O–H groups in total. The number of carbonyl (C=O) groups is 1. The minimum atomic E-state index is 0.0680. The third kappa shape index (κ3) is 3.01. The molecule has 4 rings (SSSR count). The van der Waals surface area contributed by atoms with Gasteiger partial charge in [-0.2, -0.15) is 0 Å². The van der Waals surface area contributed by atoms with Crippen LogP contribution in [-0.4, -0.2) is 49.7 Å². The monoisotopic (exact) mass is 326 g/mol. The number of nitrogens with one attached hydrogen (secondary N) is 2. The zero-order chi connectivity index (χ0) is 16.4. The van der Waals surface area contributed by atoms with Gasteiger partial charge in [-0.3, -0.25) is 9.78 Å². The van der Waals surface area contributed by atoms with E-state index in [-0.39, 0.29) is 12.0 Å². The van der Waals surface area contributed by atoms with E-state index < -0.39 is 0 Å². The van der Waals surface area contributed by atoms with Crippen molar-refractivity contribution in [3.05, 3.63) is 30.6 Å². The third-order valence-corrected chi connectivity index (χ3v) is 4.71. The normalized spacial score (nSPS) is 19.3. The number of rotatable bonds is 3. The van der Waals surface area contributed by atoms with Crippen molar-refractivity contribution in [2.45, 2.75) is 18.9 Å². The van der Waals surface area contributed by atoms with Crippen LogP contribution in [-0.2, 0) is 4.79 Å². The second-order valence-corrected chi connectivity index (χ2v) is 6.34. The molecule has 2 aliphatic rings. The average Bonchev–Trinajstić information content (AvgIpc) is 2.63. The van der Waals surface area contributed by atoms with Crippen LogP contribution in [0.25, 0.3) is 10.8 Å². The number of anilines is 1. The number of carbonyl (C=O) groups excluding carboxylic acids is 1. The molecule has 126 valence electrons. The Morgan fingerprint density at radius 1 is 1.12 bits per heavy atom. The zero-order valence-electron chi connectivity index (χ0n) is 13.6. The predicted molar refractivity (Wildman–Crippen MR) is 93.5 cm³/mol. The van der Waals surface area contributed by atoms with E-state index in [1.54, 1.807) is 6.20 Å². The molecule has 0 bridgehead atoms. The highest BCUT2D eigenvalue weighted by Crippen LogP contribution is 2.34. The first-order chi connectivity index (χ1) is 11.8. The maximum Gasteiger partial charge on any atom is 0.239 e. The topological polar surface area (TPSA) is 66.5 Å². The Bertz CT molecular complexity index is 743. The first-order valence-corrected chi connectivity index (χ1v) is 8.57. The number of nitrogens with zero attached hydrogens (tertiary/aromatic N) is 2. The molecule has 6 nitrogen and oxygen atoms in total. The Morgan fingerprint density at radius 2 is 2.00 bits per heavy atom. The van der Waals surface area contributed by atoms with Crippen LogP contribution < -0.4 is 20.3 Å². The molecule has 2 saturated heterocycles. The van der Waals surface area contributed by atoms with Gasteiger partial charge in [0.05, 0.1) is 6.54 Å². The quantitative estimate of drug-likeness (QED) is 0.890. The number of amides is 1. The van der Waals surface area contributed by atoms with E-state index in [0.717, 1.165) is 54.7 Å². The fourth-order valence-electron chi connectivity index (χ4n) is 3.46. The van der Waals surface area contributed by atoms with Crippen LogP contribution in [0.3, 0.4) is 0 Å². The molecule has 0 atom stereocenters. The van der Waals surface area contributed by atoms with Gasteiger partial charge < -0.3 is 20.3 Å². The summed E-state index contributed by atoms with van der Waals surface area (Å²) < 4.78 is 6.25. The lowest BCUT2D eigenvalue weighted by molar-refractivity contribution is -0.120. The molecule has 0 saturated carbocycles. The molecule has 0 aliphatic carbocycles. The van der Waals surface area contributed by atoms with Crippen LogP contribution in [0.15, 0.2) is 30.6 Å². The largest absolute Gasteiger partial charge is 0.490 e. The van der Waals surface area contributed by atoms with Gasteiger partial charge in [-0.15, -0.1) is 0 Å². The van der Waals surface area contributed by atoms with Crippen LogP contribution in [0.2, 0.25) is 0 Å². The highest BCUT2D eigenvalue weighted by Gasteiger charge is 2.21. The van der Waals surface area contributed by atoms with Gasteiger partial charge >= 0.3 is 0 Å². The van der Waals surface area contributed by atoms with E-state index >= 15 is 0 Å². The number of aromatic nitrogens is 1. The number of benzene rings is 1. The van der Waals surface area contributed by atoms with Gasteiger partial charge in [0.1, 0.15) is 11.9 Å². The molecular weight excluding hydrogens is 304 g/mol. The van der Waals surface area contributed by atoms with Crippen molar-refractivity contribution >= 4 is 22.4 Å². The lowest BCUT2D eigenvalue weighted by Crippen LogP contribution is -2.47. The number of hydrogen-bond donors (Lipinski definition) is 2. The Morgan fingerprint density at radius 3 is 2.83 bits per heavy atom. The smallest absolute Gasteiger partial charge is 0.239 e. The maximum absolute atomic E-state index is 11.7. The van der Waals surface area contributed by atoms with Crippen LogP contribution in [0, 0.1) is 0 Å². The molecule has 2 aromatic rings. The lowest BCUT2D eigenvalue weighted by Gasteiger charge is -2.30. The summed E-state index contributed by atoms with van der Waals surface area (Å²) in [4.78, 5) is 18.1. The molecular formula is C18H22N4O2. The molecule has 24 heavy (non-hydrogen) atoms. The standard InChI is InChI=1S/C18H22N4O2/c23-18-12-22(10-9-21-18)16-1-2-17(15-11-20-8-5-14(15)16)24-13-3-6-19-7-4-13/h1-2,5,8,11,13,19H,3-4,6-7,9-10,12H2,(H,21,23). The van der Waals surface area contributed by atoms with Crippen molar-refractivity contribution in [1.82, 2.24) is 15.6 Å². The average molecular weight is 326 g/mol. The summed E-state index contributed by atoms with van der Waals surface area (Å²) in [7, 11) is 0. The minimum absolute atomic E-state index is 0.0680. The van der Waals surface area contributed by atoms with Crippen LogP contribution >= 0.6 is 0 Å². The molecule has 6 heteroatoms. The van der Waals surface area contributed by atoms with Gasteiger partial charge in [-0.05, 0) is 44.1 Å².